The largest absolute Gasteiger partial charge is 0.477 e. The number of rotatable bonds is 9. The number of carbonyl (C=O) groups is 2. The Labute approximate surface area is 266 Å². The summed E-state index contributed by atoms with van der Waals surface area (Å²) in [5, 5.41) is 12.6. The van der Waals surface area contributed by atoms with Gasteiger partial charge in [0.25, 0.3) is 0 Å². The molecule has 2 N–H and O–H groups in total. The van der Waals surface area contributed by atoms with E-state index in [2.05, 4.69) is 5.32 Å². The van der Waals surface area contributed by atoms with Crippen LogP contribution in [0.3, 0.4) is 0 Å². The summed E-state index contributed by atoms with van der Waals surface area (Å²) in [5.41, 5.74) is 1.69. The Morgan fingerprint density at radius 2 is 1.82 bits per heavy atom. The molecule has 3 aromatic rings. The number of halogens is 1. The molecule has 2 heterocycles. The van der Waals surface area contributed by atoms with Crippen molar-refractivity contribution < 1.29 is 32.6 Å². The molecule has 1 aliphatic carbocycles. The van der Waals surface area contributed by atoms with E-state index < -0.39 is 22.1 Å². The van der Waals surface area contributed by atoms with Crippen molar-refractivity contribution in [2.45, 2.75) is 49.5 Å². The molecule has 2 aliphatic rings. The minimum Gasteiger partial charge on any atom is -0.477 e. The van der Waals surface area contributed by atoms with E-state index in [0.29, 0.717) is 35.7 Å². The molecule has 0 spiro atoms. The zero-order chi connectivity index (χ0) is 31.4. The smallest absolute Gasteiger partial charge is 0.411 e. The number of hydrogen-bond acceptors (Lipinski definition) is 8. The second-order valence-corrected chi connectivity index (χ2v) is 14.4. The van der Waals surface area contributed by atoms with Gasteiger partial charge in [-0.2, -0.15) is 4.31 Å². The summed E-state index contributed by atoms with van der Waals surface area (Å²) < 4.78 is 40.2. The summed E-state index contributed by atoms with van der Waals surface area (Å²) in [6.07, 6.45) is 4.91. The number of likely N-dealkylation sites (N-methyl/N-ethyl adjacent to an activating group) is 1. The summed E-state index contributed by atoms with van der Waals surface area (Å²) in [5.74, 6) is -1.03. The monoisotopic (exact) mass is 661 g/mol. The number of carboxylic acid groups (broad SMARTS) is 1. The highest BCUT2D eigenvalue weighted by Gasteiger charge is 2.41. The molecular weight excluding hydrogens is 626 g/mol. The van der Waals surface area contributed by atoms with E-state index in [1.807, 2.05) is 35.2 Å². The van der Waals surface area contributed by atoms with Crippen molar-refractivity contribution in [2.75, 3.05) is 44.1 Å². The van der Waals surface area contributed by atoms with E-state index in [9.17, 15) is 23.1 Å². The molecule has 1 saturated carbocycles. The van der Waals surface area contributed by atoms with E-state index in [1.165, 1.54) is 23.5 Å². The van der Waals surface area contributed by atoms with Gasteiger partial charge in [-0.05, 0) is 49.1 Å². The number of carboxylic acids is 1. The van der Waals surface area contributed by atoms with Crippen LogP contribution in [0.1, 0.15) is 48.2 Å². The lowest BCUT2D eigenvalue weighted by Crippen LogP contribution is -2.46. The molecule has 0 saturated heterocycles. The van der Waals surface area contributed by atoms with Gasteiger partial charge in [0.1, 0.15) is 9.77 Å². The molecule has 0 radical (unpaired) electrons. The molecular formula is C31H36ClN3O7S2. The lowest BCUT2D eigenvalue weighted by molar-refractivity contribution is 0.0703. The molecule has 2 aromatic carbocycles. The number of para-hydroxylation sites is 1. The first-order valence-corrected chi connectivity index (χ1v) is 17.2. The van der Waals surface area contributed by atoms with Crippen LogP contribution in [0.25, 0.3) is 10.4 Å². The van der Waals surface area contributed by atoms with Gasteiger partial charge in [0.05, 0.1) is 23.0 Å². The third-order valence-electron chi connectivity index (χ3n) is 8.25. The Morgan fingerprint density at radius 1 is 1.09 bits per heavy atom. The van der Waals surface area contributed by atoms with Crippen LogP contribution >= 0.6 is 22.9 Å². The number of methoxy groups -OCH3 is 1. The molecule has 5 rings (SSSR count). The minimum absolute atomic E-state index is 0.0310. The Bertz CT molecular complexity index is 1610. The number of aromatic carboxylic acids is 1. The lowest BCUT2D eigenvalue weighted by atomic mass is 9.83. The van der Waals surface area contributed by atoms with Gasteiger partial charge in [-0.3, -0.25) is 5.32 Å². The fourth-order valence-electron chi connectivity index (χ4n) is 5.99. The first-order valence-electron chi connectivity index (χ1n) is 14.6. The van der Waals surface area contributed by atoms with Gasteiger partial charge in [-0.15, -0.1) is 11.3 Å². The number of hydrogen-bond donors (Lipinski definition) is 2. The zero-order valence-corrected chi connectivity index (χ0v) is 27.0. The summed E-state index contributed by atoms with van der Waals surface area (Å²) in [6, 6.07) is 14.0. The predicted molar refractivity (Wildman–Crippen MR) is 172 cm³/mol. The maximum Gasteiger partial charge on any atom is 0.411 e. The van der Waals surface area contributed by atoms with Gasteiger partial charge < -0.3 is 19.5 Å². The minimum atomic E-state index is -3.98. The van der Waals surface area contributed by atoms with Gasteiger partial charge in [0.2, 0.25) is 10.0 Å². The second-order valence-electron chi connectivity index (χ2n) is 11.0. The Morgan fingerprint density at radius 3 is 2.50 bits per heavy atom. The second kappa shape index (κ2) is 13.9. The lowest BCUT2D eigenvalue weighted by Gasteiger charge is -2.36. The van der Waals surface area contributed by atoms with E-state index in [0.717, 1.165) is 49.1 Å². The third-order valence-corrected chi connectivity index (χ3v) is 11.6. The number of amides is 1. The normalized spacial score (nSPS) is 18.8. The van der Waals surface area contributed by atoms with Crippen molar-refractivity contribution in [3.05, 3.63) is 58.4 Å². The number of fused-ring (bicyclic) bond motifs is 1. The van der Waals surface area contributed by atoms with Crippen LogP contribution in [0.15, 0.2) is 53.4 Å². The predicted octanol–water partition coefficient (Wildman–Crippen LogP) is 7.07. The Balaban J connectivity index is 1.57. The molecule has 1 amide bonds. The van der Waals surface area contributed by atoms with Crippen molar-refractivity contribution in [2.24, 2.45) is 5.92 Å². The first kappa shape index (κ1) is 32.2. The number of anilines is 3. The Kier molecular flexibility index (Phi) is 10.2. The molecule has 236 valence electrons. The SMILES string of the molecule is COCCCOC(=O)Nc1cc(-c2cc3c(cc2Cl)N(c2ccccc2)C[C@@H](C2CCCCC2)N(C)S3(=O)=O)sc1C(=O)O. The van der Waals surface area contributed by atoms with Gasteiger partial charge in [-0.1, -0.05) is 49.1 Å². The standard InChI is InChI=1S/C31H36ClN3O7S2/c1-34-26(20-10-5-3-6-11-20)19-35(21-12-7-4-8-13-21)25-17-23(32)22(16-28(25)44(34,39)40)27-18-24(29(43-27)30(36)37)33-31(38)42-15-9-14-41-2/h4,7-8,12-13,16-18,20,26H,3,5-6,9-11,14-15,19H2,1-2H3,(H,33,38)(H,36,37)/t26-/m0/s1. The number of ether oxygens (including phenoxy) is 2. The average Bonchev–Trinajstić information content (AvgIpc) is 3.40. The van der Waals surface area contributed by atoms with E-state index in [4.69, 9.17) is 21.1 Å². The van der Waals surface area contributed by atoms with Crippen molar-refractivity contribution in [1.82, 2.24) is 4.31 Å². The molecule has 0 bridgehead atoms. The van der Waals surface area contributed by atoms with Crippen molar-refractivity contribution in [3.8, 4) is 10.4 Å². The molecule has 13 heteroatoms. The Hall–Kier alpha value is -3.16. The molecule has 1 aliphatic heterocycles. The van der Waals surface area contributed by atoms with Crippen molar-refractivity contribution >= 4 is 62.1 Å². The summed E-state index contributed by atoms with van der Waals surface area (Å²) >= 11 is 7.75. The summed E-state index contributed by atoms with van der Waals surface area (Å²) in [7, 11) is -0.789. The topological polar surface area (TPSA) is 125 Å². The molecule has 0 unspecified atom stereocenters. The fourth-order valence-corrected chi connectivity index (χ4v) is 8.89. The highest BCUT2D eigenvalue weighted by Crippen LogP contribution is 2.46. The summed E-state index contributed by atoms with van der Waals surface area (Å²) in [6.45, 7) is 0.977. The van der Waals surface area contributed by atoms with Crippen LogP contribution in [0.2, 0.25) is 5.02 Å². The maximum absolute atomic E-state index is 14.3. The molecule has 10 nitrogen and oxygen atoms in total. The van der Waals surface area contributed by atoms with E-state index in [-0.39, 0.29) is 39.0 Å². The molecule has 1 aromatic heterocycles. The van der Waals surface area contributed by atoms with Crippen LogP contribution < -0.4 is 10.2 Å². The first-order chi connectivity index (χ1) is 21.1. The molecule has 1 fully saturated rings. The highest BCUT2D eigenvalue weighted by molar-refractivity contribution is 7.89. The van der Waals surface area contributed by atoms with Gasteiger partial charge in [0.15, 0.2) is 0 Å². The van der Waals surface area contributed by atoms with Crippen LogP contribution in [0.5, 0.6) is 0 Å². The van der Waals surface area contributed by atoms with Gasteiger partial charge in [-0.25, -0.2) is 18.0 Å². The molecule has 1 atom stereocenters. The number of nitrogens with zero attached hydrogens (tertiary/aromatic N) is 2. The zero-order valence-electron chi connectivity index (χ0n) is 24.6. The number of sulfonamides is 1. The van der Waals surface area contributed by atoms with Crippen LogP contribution in [-0.4, -0.2) is 69.8 Å². The average molecular weight is 662 g/mol. The number of carbonyl (C=O) groups excluding carboxylic acids is 1. The van der Waals surface area contributed by atoms with E-state index >= 15 is 0 Å². The quantitative estimate of drug-likeness (QED) is 0.233. The maximum atomic E-state index is 14.3. The van der Waals surface area contributed by atoms with Gasteiger partial charge >= 0.3 is 12.1 Å². The van der Waals surface area contributed by atoms with Crippen molar-refractivity contribution in [3.63, 3.8) is 0 Å². The van der Waals surface area contributed by atoms with Crippen molar-refractivity contribution in [1.29, 1.82) is 0 Å². The van der Waals surface area contributed by atoms with E-state index in [1.54, 1.807) is 13.1 Å². The van der Waals surface area contributed by atoms with Crippen LogP contribution in [0.4, 0.5) is 21.9 Å². The number of thiophene rings is 1. The summed E-state index contributed by atoms with van der Waals surface area (Å²) in [4.78, 5) is 26.8. The van der Waals surface area contributed by atoms with Crippen LogP contribution in [0, 0.1) is 5.92 Å². The number of benzene rings is 2. The van der Waals surface area contributed by atoms with Gasteiger partial charge in [0, 0.05) is 55.9 Å². The molecule has 44 heavy (non-hydrogen) atoms. The number of nitrogens with one attached hydrogen (secondary N) is 1. The third kappa shape index (κ3) is 6.74. The van der Waals surface area contributed by atoms with Crippen LogP contribution in [-0.2, 0) is 19.5 Å². The fraction of sp³-hybridized carbons (Fsp3) is 0.419. The highest BCUT2D eigenvalue weighted by atomic mass is 35.5.